The van der Waals surface area contributed by atoms with Gasteiger partial charge in [0.15, 0.2) is 11.6 Å². The first-order chi connectivity index (χ1) is 14.5. The van der Waals surface area contributed by atoms with Gasteiger partial charge in [0.25, 0.3) is 0 Å². The van der Waals surface area contributed by atoms with Crippen molar-refractivity contribution in [2.24, 2.45) is 11.8 Å². The first-order valence-electron chi connectivity index (χ1n) is 10.2. The van der Waals surface area contributed by atoms with Crippen molar-refractivity contribution in [3.05, 3.63) is 105 Å². The summed E-state index contributed by atoms with van der Waals surface area (Å²) < 4.78 is 14.0. The standard InChI is InChI=1S/C26H20BrFO2/c27-19-9-5-17(6-10-19)25(29)23-13-21(23)15-1-3-16(4-2-15)22-14-24(22)26(30)18-7-11-20(28)12-8-18/h1-12,21-24H,13-14H2/t21-,22-,23-,24-/m1/s1. The average molecular weight is 463 g/mol. The molecule has 2 nitrogen and oxygen atoms in total. The van der Waals surface area contributed by atoms with Crippen molar-refractivity contribution in [1.29, 1.82) is 0 Å². The van der Waals surface area contributed by atoms with Crippen LogP contribution >= 0.6 is 15.9 Å². The third-order valence-corrected chi connectivity index (χ3v) is 6.83. The normalized spacial score (nSPS) is 24.3. The Morgan fingerprint density at radius 2 is 1.07 bits per heavy atom. The Morgan fingerprint density at radius 1 is 0.667 bits per heavy atom. The minimum atomic E-state index is -0.327. The molecule has 2 saturated carbocycles. The Balaban J connectivity index is 1.22. The molecule has 0 heterocycles. The highest BCUT2D eigenvalue weighted by Crippen LogP contribution is 2.52. The Bertz CT molecular complexity index is 1010. The summed E-state index contributed by atoms with van der Waals surface area (Å²) in [6.07, 6.45) is 1.73. The fourth-order valence-electron chi connectivity index (χ4n) is 4.35. The molecular formula is C26H20BrFO2. The molecule has 3 aromatic rings. The maximum absolute atomic E-state index is 13.1. The molecule has 2 aliphatic carbocycles. The topological polar surface area (TPSA) is 34.1 Å². The lowest BCUT2D eigenvalue weighted by atomic mass is 9.99. The van der Waals surface area contributed by atoms with Crippen molar-refractivity contribution in [2.75, 3.05) is 0 Å². The minimum absolute atomic E-state index is 0.0195. The number of halogens is 2. The Kier molecular flexibility index (Phi) is 4.90. The van der Waals surface area contributed by atoms with Gasteiger partial charge in [0.1, 0.15) is 5.82 Å². The third-order valence-electron chi connectivity index (χ3n) is 6.30. The first kappa shape index (κ1) is 19.4. The van der Waals surface area contributed by atoms with Crippen LogP contribution < -0.4 is 0 Å². The van der Waals surface area contributed by atoms with Crippen LogP contribution in [0.3, 0.4) is 0 Å². The van der Waals surface area contributed by atoms with E-state index in [0.717, 1.165) is 28.4 Å². The van der Waals surface area contributed by atoms with Gasteiger partial charge in [0.2, 0.25) is 0 Å². The summed E-state index contributed by atoms with van der Waals surface area (Å²) in [5, 5.41) is 0. The fraction of sp³-hybridized carbons (Fsp3) is 0.231. The van der Waals surface area contributed by atoms with Gasteiger partial charge in [-0.2, -0.15) is 0 Å². The molecule has 0 aromatic heterocycles. The predicted octanol–water partition coefficient (Wildman–Crippen LogP) is 6.56. The summed E-state index contributed by atoms with van der Waals surface area (Å²) in [5.74, 6) is 0.531. The average Bonchev–Trinajstić information content (AvgIpc) is 3.68. The molecule has 30 heavy (non-hydrogen) atoms. The van der Waals surface area contributed by atoms with E-state index in [4.69, 9.17) is 0 Å². The molecule has 0 radical (unpaired) electrons. The van der Waals surface area contributed by atoms with E-state index in [-0.39, 0.29) is 41.1 Å². The van der Waals surface area contributed by atoms with E-state index in [1.54, 1.807) is 12.1 Å². The molecule has 2 fully saturated rings. The monoisotopic (exact) mass is 462 g/mol. The molecule has 0 saturated heterocycles. The molecule has 0 aliphatic heterocycles. The predicted molar refractivity (Wildman–Crippen MR) is 117 cm³/mol. The van der Waals surface area contributed by atoms with Crippen LogP contribution in [-0.2, 0) is 0 Å². The maximum Gasteiger partial charge on any atom is 0.166 e. The van der Waals surface area contributed by atoms with Crippen LogP contribution in [0.4, 0.5) is 4.39 Å². The highest BCUT2D eigenvalue weighted by molar-refractivity contribution is 9.10. The summed E-state index contributed by atoms with van der Waals surface area (Å²) in [7, 11) is 0. The van der Waals surface area contributed by atoms with E-state index in [1.807, 2.05) is 24.3 Å². The highest BCUT2D eigenvalue weighted by atomic mass is 79.9. The van der Waals surface area contributed by atoms with Crippen molar-refractivity contribution < 1.29 is 14.0 Å². The highest BCUT2D eigenvalue weighted by Gasteiger charge is 2.46. The largest absolute Gasteiger partial charge is 0.294 e. The smallest absolute Gasteiger partial charge is 0.166 e. The zero-order chi connectivity index (χ0) is 20.8. The van der Waals surface area contributed by atoms with Crippen LogP contribution in [0, 0.1) is 17.7 Å². The molecule has 4 atom stereocenters. The van der Waals surface area contributed by atoms with E-state index in [0.29, 0.717) is 5.56 Å². The van der Waals surface area contributed by atoms with Gasteiger partial charge in [0.05, 0.1) is 0 Å². The van der Waals surface area contributed by atoms with Gasteiger partial charge in [-0.1, -0.05) is 52.3 Å². The summed E-state index contributed by atoms with van der Waals surface area (Å²) in [5.41, 5.74) is 3.70. The van der Waals surface area contributed by atoms with Gasteiger partial charge in [-0.05, 0) is 72.2 Å². The van der Waals surface area contributed by atoms with Gasteiger partial charge in [0, 0.05) is 27.4 Å². The fourth-order valence-corrected chi connectivity index (χ4v) is 4.62. The Labute approximate surface area is 183 Å². The summed E-state index contributed by atoms with van der Waals surface area (Å²) in [6.45, 7) is 0. The second-order valence-corrected chi connectivity index (χ2v) is 9.22. The Hall–Kier alpha value is -2.59. The van der Waals surface area contributed by atoms with Crippen molar-refractivity contribution >= 4 is 27.5 Å². The number of Topliss-reactive ketones (excluding diaryl/α,β-unsaturated/α-hetero) is 2. The number of carbonyl (C=O) groups excluding carboxylic acids is 2. The summed E-state index contributed by atoms with van der Waals surface area (Å²) >= 11 is 3.40. The van der Waals surface area contributed by atoms with Crippen molar-refractivity contribution in [3.8, 4) is 0 Å². The molecular weight excluding hydrogens is 443 g/mol. The van der Waals surface area contributed by atoms with Crippen LogP contribution in [0.1, 0.15) is 56.5 Å². The molecule has 0 spiro atoms. The summed E-state index contributed by atoms with van der Waals surface area (Å²) in [4.78, 5) is 25.3. The first-order valence-corrected chi connectivity index (χ1v) is 11.0. The van der Waals surface area contributed by atoms with Crippen LogP contribution in [0.5, 0.6) is 0 Å². The van der Waals surface area contributed by atoms with Gasteiger partial charge in [-0.25, -0.2) is 4.39 Å². The van der Waals surface area contributed by atoms with Gasteiger partial charge in [-0.15, -0.1) is 0 Å². The van der Waals surface area contributed by atoms with Gasteiger partial charge in [-0.3, -0.25) is 9.59 Å². The van der Waals surface area contributed by atoms with Gasteiger partial charge < -0.3 is 0 Å². The molecule has 2 aliphatic rings. The molecule has 150 valence electrons. The number of benzene rings is 3. The van der Waals surface area contributed by atoms with Crippen LogP contribution in [0.15, 0.2) is 77.3 Å². The van der Waals surface area contributed by atoms with Crippen LogP contribution in [-0.4, -0.2) is 11.6 Å². The zero-order valence-corrected chi connectivity index (χ0v) is 17.8. The van der Waals surface area contributed by atoms with E-state index >= 15 is 0 Å². The van der Waals surface area contributed by atoms with E-state index in [1.165, 1.54) is 17.7 Å². The number of carbonyl (C=O) groups is 2. The number of hydrogen-bond acceptors (Lipinski definition) is 2. The summed E-state index contributed by atoms with van der Waals surface area (Å²) in [6, 6.07) is 21.7. The minimum Gasteiger partial charge on any atom is -0.294 e. The maximum atomic E-state index is 13.1. The molecule has 0 amide bonds. The number of ketones is 2. The van der Waals surface area contributed by atoms with Crippen molar-refractivity contribution in [1.82, 2.24) is 0 Å². The lowest BCUT2D eigenvalue weighted by Crippen LogP contribution is -2.03. The lowest BCUT2D eigenvalue weighted by molar-refractivity contribution is 0.0957. The van der Waals surface area contributed by atoms with E-state index in [2.05, 4.69) is 40.2 Å². The molecule has 4 heteroatoms. The second-order valence-electron chi connectivity index (χ2n) is 8.31. The molecule has 3 aromatic carbocycles. The number of hydrogen-bond donors (Lipinski definition) is 0. The third kappa shape index (κ3) is 3.77. The van der Waals surface area contributed by atoms with E-state index in [9.17, 15) is 14.0 Å². The van der Waals surface area contributed by atoms with Crippen LogP contribution in [0.2, 0.25) is 0 Å². The molecule has 0 unspecified atom stereocenters. The van der Waals surface area contributed by atoms with Crippen LogP contribution in [0.25, 0.3) is 0 Å². The SMILES string of the molecule is O=C(c1ccc(F)cc1)[C@@H]1C[C@@H]1c1ccc([C@H]2C[C@H]2C(=O)c2ccc(Br)cc2)cc1. The van der Waals surface area contributed by atoms with Crippen molar-refractivity contribution in [3.63, 3.8) is 0 Å². The van der Waals surface area contributed by atoms with Gasteiger partial charge >= 0.3 is 0 Å². The van der Waals surface area contributed by atoms with E-state index < -0.39 is 0 Å². The molecule has 0 bridgehead atoms. The second kappa shape index (κ2) is 7.59. The molecule has 0 N–H and O–H groups in total. The molecule has 5 rings (SSSR count). The number of rotatable bonds is 6. The lowest BCUT2D eigenvalue weighted by Gasteiger charge is -2.05. The zero-order valence-electron chi connectivity index (χ0n) is 16.2. The Morgan fingerprint density at radius 3 is 1.50 bits per heavy atom. The van der Waals surface area contributed by atoms with Crippen molar-refractivity contribution in [2.45, 2.75) is 24.7 Å². The quantitative estimate of drug-likeness (QED) is 0.388.